The highest BCUT2D eigenvalue weighted by molar-refractivity contribution is 5.09. The van der Waals surface area contributed by atoms with E-state index in [4.69, 9.17) is 0 Å². The van der Waals surface area contributed by atoms with E-state index in [0.29, 0.717) is 0 Å². The van der Waals surface area contributed by atoms with E-state index in [-0.39, 0.29) is 0 Å². The average molecular weight is 193 g/mol. The molecule has 0 aliphatic carbocycles. The van der Waals surface area contributed by atoms with Crippen LogP contribution in [0.2, 0.25) is 0 Å². The second kappa shape index (κ2) is 12.0. The quantitative estimate of drug-likeness (QED) is 0.315. The summed E-state index contributed by atoms with van der Waals surface area (Å²) in [6, 6.07) is 0. The molecule has 0 saturated carbocycles. The number of ether oxygens (including phenoxy) is 1. The third-order valence-electron chi connectivity index (χ3n) is 1.87. The van der Waals surface area contributed by atoms with Gasteiger partial charge in [-0.25, -0.2) is 0 Å². The maximum atomic E-state index is 4.51. The predicted octanol–water partition coefficient (Wildman–Crippen LogP) is 4.39. The molecule has 0 aromatic carbocycles. The maximum absolute atomic E-state index is 4.51. The minimum absolute atomic E-state index is 1.18. The summed E-state index contributed by atoms with van der Waals surface area (Å²) in [4.78, 5) is 0. The Morgan fingerprint density at radius 2 is 1.79 bits per heavy atom. The van der Waals surface area contributed by atoms with Gasteiger partial charge in [-0.15, -0.1) is 0 Å². The summed E-state index contributed by atoms with van der Waals surface area (Å²) in [5.41, 5.74) is 0. The fourth-order valence-corrected chi connectivity index (χ4v) is 1.09. The van der Waals surface area contributed by atoms with Crippen LogP contribution in [0.5, 0.6) is 0 Å². The smallest absolute Gasteiger partial charge is 0.121 e. The molecule has 0 fully saturated rings. The van der Waals surface area contributed by atoms with Crippen molar-refractivity contribution in [1.82, 2.24) is 0 Å². The van der Waals surface area contributed by atoms with Crippen molar-refractivity contribution in [1.29, 1.82) is 0 Å². The van der Waals surface area contributed by atoms with Gasteiger partial charge in [0.1, 0.15) is 7.11 Å². The molecule has 1 heteroatoms. The van der Waals surface area contributed by atoms with Gasteiger partial charge in [0.25, 0.3) is 0 Å². The van der Waals surface area contributed by atoms with Crippen molar-refractivity contribution in [2.45, 2.75) is 39.0 Å². The molecule has 14 heavy (non-hydrogen) atoms. The van der Waals surface area contributed by atoms with Crippen LogP contribution in [0.4, 0.5) is 0 Å². The lowest BCUT2D eigenvalue weighted by atomic mass is 10.1. The molecule has 0 aromatic rings. The Kier molecular flexibility index (Phi) is 11.2. The molecule has 0 bridgehead atoms. The maximum Gasteiger partial charge on any atom is 0.121 e. The van der Waals surface area contributed by atoms with Gasteiger partial charge in [-0.3, -0.25) is 0 Å². The normalized spacial score (nSPS) is 12.1. The van der Waals surface area contributed by atoms with E-state index in [1.165, 1.54) is 32.1 Å². The SMILES string of the molecule is [CH2]OC=CC=CC=CCCCCCC. The number of rotatable bonds is 8. The van der Waals surface area contributed by atoms with Gasteiger partial charge in [0.15, 0.2) is 0 Å². The summed E-state index contributed by atoms with van der Waals surface area (Å²) in [7, 11) is 3.22. The zero-order valence-electron chi connectivity index (χ0n) is 9.11. The van der Waals surface area contributed by atoms with Crippen molar-refractivity contribution in [2.24, 2.45) is 0 Å². The van der Waals surface area contributed by atoms with Gasteiger partial charge < -0.3 is 4.74 Å². The molecule has 0 unspecified atom stereocenters. The van der Waals surface area contributed by atoms with Crippen LogP contribution in [0, 0.1) is 7.11 Å². The molecule has 1 radical (unpaired) electrons. The van der Waals surface area contributed by atoms with E-state index >= 15 is 0 Å². The molecule has 0 saturated heterocycles. The van der Waals surface area contributed by atoms with Crippen molar-refractivity contribution in [2.75, 3.05) is 0 Å². The van der Waals surface area contributed by atoms with E-state index in [1.54, 1.807) is 6.26 Å². The van der Waals surface area contributed by atoms with Crippen LogP contribution in [0.25, 0.3) is 0 Å². The van der Waals surface area contributed by atoms with Gasteiger partial charge in [-0.05, 0) is 18.9 Å². The third-order valence-corrected chi connectivity index (χ3v) is 1.87. The van der Waals surface area contributed by atoms with Crippen LogP contribution in [0.3, 0.4) is 0 Å². The van der Waals surface area contributed by atoms with Gasteiger partial charge in [0, 0.05) is 0 Å². The Morgan fingerprint density at radius 3 is 2.50 bits per heavy atom. The van der Waals surface area contributed by atoms with E-state index in [2.05, 4.69) is 30.9 Å². The Labute approximate surface area is 88.2 Å². The van der Waals surface area contributed by atoms with Gasteiger partial charge >= 0.3 is 0 Å². The molecule has 0 aliphatic heterocycles. The molecule has 0 amide bonds. The van der Waals surface area contributed by atoms with Crippen LogP contribution >= 0.6 is 0 Å². The zero-order valence-corrected chi connectivity index (χ0v) is 9.11. The Hall–Kier alpha value is -0.980. The van der Waals surface area contributed by atoms with Gasteiger partial charge in [0.2, 0.25) is 0 Å². The first-order chi connectivity index (χ1) is 6.91. The number of hydrogen-bond donors (Lipinski definition) is 0. The lowest BCUT2D eigenvalue weighted by molar-refractivity contribution is 0.394. The topological polar surface area (TPSA) is 9.23 Å². The largest absolute Gasteiger partial charge is 0.498 e. The molecule has 0 rings (SSSR count). The standard InChI is InChI=1S/C13H21O/c1-3-4-5-6-7-8-9-10-11-12-13-14-2/h8-13H,2-7H2,1H3. The number of unbranched alkanes of at least 4 members (excludes halogenated alkanes) is 4. The summed E-state index contributed by atoms with van der Waals surface area (Å²) < 4.78 is 4.51. The zero-order chi connectivity index (χ0) is 10.5. The molecule has 0 N–H and O–H groups in total. The van der Waals surface area contributed by atoms with Gasteiger partial charge in [0.05, 0.1) is 6.26 Å². The summed E-state index contributed by atoms with van der Waals surface area (Å²) in [5, 5.41) is 0. The second-order valence-corrected chi connectivity index (χ2v) is 3.16. The molecule has 0 aliphatic rings. The predicted molar refractivity (Wildman–Crippen MR) is 62.6 cm³/mol. The minimum Gasteiger partial charge on any atom is -0.498 e. The van der Waals surface area contributed by atoms with Crippen LogP contribution < -0.4 is 0 Å². The number of allylic oxidation sites excluding steroid dienone is 5. The van der Waals surface area contributed by atoms with Crippen molar-refractivity contribution >= 4 is 0 Å². The van der Waals surface area contributed by atoms with E-state index in [0.717, 1.165) is 0 Å². The molecule has 0 aromatic heterocycles. The van der Waals surface area contributed by atoms with E-state index in [9.17, 15) is 0 Å². The van der Waals surface area contributed by atoms with Crippen molar-refractivity contribution in [3.05, 3.63) is 43.8 Å². The molecule has 1 nitrogen and oxygen atoms in total. The first-order valence-corrected chi connectivity index (χ1v) is 5.31. The van der Waals surface area contributed by atoms with Crippen molar-refractivity contribution < 1.29 is 4.74 Å². The lowest BCUT2D eigenvalue weighted by Gasteiger charge is -1.92. The second-order valence-electron chi connectivity index (χ2n) is 3.16. The summed E-state index contributed by atoms with van der Waals surface area (Å²) in [5.74, 6) is 0. The van der Waals surface area contributed by atoms with Gasteiger partial charge in [-0.2, -0.15) is 0 Å². The third kappa shape index (κ3) is 11.0. The molecule has 0 atom stereocenters. The fraction of sp³-hybridized carbons (Fsp3) is 0.462. The van der Waals surface area contributed by atoms with E-state index in [1.807, 2.05) is 18.2 Å². The lowest BCUT2D eigenvalue weighted by Crippen LogP contribution is -1.72. The van der Waals surface area contributed by atoms with Crippen molar-refractivity contribution in [3.8, 4) is 0 Å². The Morgan fingerprint density at radius 1 is 1.00 bits per heavy atom. The fourth-order valence-electron chi connectivity index (χ4n) is 1.09. The average Bonchev–Trinajstić information content (AvgIpc) is 2.21. The Balaban J connectivity index is 3.26. The van der Waals surface area contributed by atoms with Crippen LogP contribution in [0.15, 0.2) is 36.6 Å². The van der Waals surface area contributed by atoms with E-state index < -0.39 is 0 Å². The molecular weight excluding hydrogens is 172 g/mol. The summed E-state index contributed by atoms with van der Waals surface area (Å²) in [6.07, 6.45) is 18.0. The Bertz CT molecular complexity index is 178. The highest BCUT2D eigenvalue weighted by Gasteiger charge is 1.82. The van der Waals surface area contributed by atoms with Crippen LogP contribution in [-0.4, -0.2) is 0 Å². The first-order valence-electron chi connectivity index (χ1n) is 5.31. The monoisotopic (exact) mass is 193 g/mol. The summed E-state index contributed by atoms with van der Waals surface area (Å²) >= 11 is 0. The molecule has 79 valence electrons. The number of hydrogen-bond acceptors (Lipinski definition) is 1. The highest BCUT2D eigenvalue weighted by Crippen LogP contribution is 2.02. The molecule has 0 spiro atoms. The molecular formula is C13H21O. The minimum atomic E-state index is 1.18. The molecule has 0 heterocycles. The van der Waals surface area contributed by atoms with Crippen LogP contribution in [0.1, 0.15) is 39.0 Å². The summed E-state index contributed by atoms with van der Waals surface area (Å²) in [6.45, 7) is 2.23. The van der Waals surface area contributed by atoms with Crippen molar-refractivity contribution in [3.63, 3.8) is 0 Å². The van der Waals surface area contributed by atoms with Gasteiger partial charge in [-0.1, -0.05) is 50.5 Å². The highest BCUT2D eigenvalue weighted by atomic mass is 16.5. The van der Waals surface area contributed by atoms with Crippen LogP contribution in [-0.2, 0) is 4.74 Å². The first kappa shape index (κ1) is 13.0.